The molecule has 6 nitrogen and oxygen atoms in total. The average molecular weight is 258 g/mol. The number of aromatic nitrogens is 1. The molecule has 1 aromatic carbocycles. The summed E-state index contributed by atoms with van der Waals surface area (Å²) in [6.45, 7) is 0.723. The summed E-state index contributed by atoms with van der Waals surface area (Å²) < 4.78 is 0. The largest absolute Gasteiger partial charge is 0.393 e. The van der Waals surface area contributed by atoms with Crippen molar-refractivity contribution < 1.29 is 4.92 Å². The highest BCUT2D eigenvalue weighted by Gasteiger charge is 2.10. The molecule has 6 heteroatoms. The number of pyridine rings is 1. The number of nitro benzene ring substituents is 1. The van der Waals surface area contributed by atoms with Crippen LogP contribution >= 0.6 is 0 Å². The van der Waals surface area contributed by atoms with E-state index in [1.165, 1.54) is 11.6 Å². The number of nitrogens with one attached hydrogen (secondary N) is 1. The fourth-order valence-electron chi connectivity index (χ4n) is 1.73. The molecule has 0 radical (unpaired) electrons. The average Bonchev–Trinajstić information content (AvgIpc) is 2.39. The molecule has 0 saturated carbocycles. The Balaban J connectivity index is 1.93. The van der Waals surface area contributed by atoms with Gasteiger partial charge in [0.15, 0.2) is 0 Å². The van der Waals surface area contributed by atoms with Gasteiger partial charge in [0.05, 0.1) is 4.92 Å². The second-order valence-electron chi connectivity index (χ2n) is 4.06. The lowest BCUT2D eigenvalue weighted by Crippen LogP contribution is -2.05. The zero-order valence-electron chi connectivity index (χ0n) is 10.2. The van der Waals surface area contributed by atoms with Crippen molar-refractivity contribution in [2.45, 2.75) is 6.42 Å². The van der Waals surface area contributed by atoms with Crippen molar-refractivity contribution in [1.82, 2.24) is 4.98 Å². The van der Waals surface area contributed by atoms with Gasteiger partial charge in [0.25, 0.3) is 5.69 Å². The second-order valence-corrected chi connectivity index (χ2v) is 4.06. The Morgan fingerprint density at radius 3 is 2.63 bits per heavy atom. The summed E-state index contributed by atoms with van der Waals surface area (Å²) in [4.78, 5) is 14.1. The molecule has 0 saturated heterocycles. The van der Waals surface area contributed by atoms with E-state index in [0.717, 1.165) is 18.7 Å². The number of nitrogens with two attached hydrogens (primary N) is 1. The van der Waals surface area contributed by atoms with E-state index >= 15 is 0 Å². The normalized spacial score (nSPS) is 10.1. The highest BCUT2D eigenvalue weighted by Crippen LogP contribution is 2.24. The minimum atomic E-state index is -0.490. The van der Waals surface area contributed by atoms with E-state index in [4.69, 9.17) is 5.73 Å². The van der Waals surface area contributed by atoms with Gasteiger partial charge >= 0.3 is 0 Å². The summed E-state index contributed by atoms with van der Waals surface area (Å²) in [5, 5.41) is 13.8. The van der Waals surface area contributed by atoms with Gasteiger partial charge in [-0.3, -0.25) is 15.1 Å². The smallest absolute Gasteiger partial charge is 0.292 e. The standard InChI is InChI=1S/C13H14N4O2/c14-12-9-11(1-2-13(12)17(18)19)16-8-5-10-3-6-15-7-4-10/h1-4,6-7,9,16H,5,8,14H2. The Kier molecular flexibility index (Phi) is 3.92. The lowest BCUT2D eigenvalue weighted by molar-refractivity contribution is -0.383. The quantitative estimate of drug-likeness (QED) is 0.487. The van der Waals surface area contributed by atoms with Crippen molar-refractivity contribution in [3.63, 3.8) is 0 Å². The molecule has 0 atom stereocenters. The summed E-state index contributed by atoms with van der Waals surface area (Å²) in [5.41, 5.74) is 7.66. The maximum atomic E-state index is 10.6. The number of hydrogen-bond donors (Lipinski definition) is 2. The molecule has 19 heavy (non-hydrogen) atoms. The predicted molar refractivity (Wildman–Crippen MR) is 73.9 cm³/mol. The van der Waals surface area contributed by atoms with Crippen LogP contribution in [-0.2, 0) is 6.42 Å². The van der Waals surface area contributed by atoms with E-state index in [-0.39, 0.29) is 11.4 Å². The van der Waals surface area contributed by atoms with Crippen LogP contribution in [0.25, 0.3) is 0 Å². The molecule has 0 bridgehead atoms. The van der Waals surface area contributed by atoms with E-state index in [0.29, 0.717) is 0 Å². The third kappa shape index (κ3) is 3.41. The van der Waals surface area contributed by atoms with E-state index < -0.39 is 4.92 Å². The van der Waals surface area contributed by atoms with Crippen LogP contribution in [0.15, 0.2) is 42.7 Å². The topological polar surface area (TPSA) is 94.1 Å². The molecule has 1 heterocycles. The Hall–Kier alpha value is -2.63. The summed E-state index contributed by atoms with van der Waals surface area (Å²) >= 11 is 0. The van der Waals surface area contributed by atoms with E-state index in [1.807, 2.05) is 12.1 Å². The maximum absolute atomic E-state index is 10.6. The van der Waals surface area contributed by atoms with Crippen molar-refractivity contribution >= 4 is 17.1 Å². The zero-order valence-corrected chi connectivity index (χ0v) is 10.2. The van der Waals surface area contributed by atoms with E-state index in [1.54, 1.807) is 24.5 Å². The van der Waals surface area contributed by atoms with Crippen LogP contribution in [0.2, 0.25) is 0 Å². The highest BCUT2D eigenvalue weighted by atomic mass is 16.6. The van der Waals surface area contributed by atoms with Crippen LogP contribution in [0.5, 0.6) is 0 Å². The summed E-state index contributed by atoms with van der Waals surface area (Å²) in [6.07, 6.45) is 4.35. The molecule has 0 aliphatic carbocycles. The van der Waals surface area contributed by atoms with Crippen molar-refractivity contribution in [2.24, 2.45) is 0 Å². The SMILES string of the molecule is Nc1cc(NCCc2ccncc2)ccc1[N+](=O)[O-]. The van der Waals surface area contributed by atoms with Gasteiger partial charge in [-0.25, -0.2) is 0 Å². The first-order chi connectivity index (χ1) is 9.16. The number of nitro groups is 1. The first kappa shape index (κ1) is 12.8. The lowest BCUT2D eigenvalue weighted by Gasteiger charge is -2.07. The molecule has 0 aliphatic rings. The molecule has 0 unspecified atom stereocenters. The van der Waals surface area contributed by atoms with Gasteiger partial charge in [-0.05, 0) is 36.2 Å². The number of rotatable bonds is 5. The fourth-order valence-corrected chi connectivity index (χ4v) is 1.73. The summed E-state index contributed by atoms with van der Waals surface area (Å²) in [7, 11) is 0. The predicted octanol–water partition coefficient (Wildman–Crippen LogP) is 2.23. The van der Waals surface area contributed by atoms with Crippen LogP contribution in [-0.4, -0.2) is 16.5 Å². The van der Waals surface area contributed by atoms with Gasteiger partial charge in [0.2, 0.25) is 0 Å². The van der Waals surface area contributed by atoms with E-state index in [9.17, 15) is 10.1 Å². The minimum Gasteiger partial charge on any atom is -0.393 e. The molecule has 1 aromatic heterocycles. The van der Waals surface area contributed by atoms with Crippen LogP contribution in [0.1, 0.15) is 5.56 Å². The van der Waals surface area contributed by atoms with E-state index in [2.05, 4.69) is 10.3 Å². The Morgan fingerprint density at radius 1 is 1.26 bits per heavy atom. The van der Waals surface area contributed by atoms with Crippen LogP contribution in [0.3, 0.4) is 0 Å². The van der Waals surface area contributed by atoms with Crippen LogP contribution < -0.4 is 11.1 Å². The zero-order chi connectivity index (χ0) is 13.7. The Bertz CT molecular complexity index is 572. The Morgan fingerprint density at radius 2 is 2.00 bits per heavy atom. The second kappa shape index (κ2) is 5.81. The third-order valence-electron chi connectivity index (χ3n) is 2.72. The minimum absolute atomic E-state index is 0.0697. The van der Waals surface area contributed by atoms with Crippen molar-refractivity contribution in [3.8, 4) is 0 Å². The molecule has 3 N–H and O–H groups in total. The molecule has 2 aromatic rings. The highest BCUT2D eigenvalue weighted by molar-refractivity contribution is 5.65. The van der Waals surface area contributed by atoms with Gasteiger partial charge in [-0.15, -0.1) is 0 Å². The van der Waals surface area contributed by atoms with Gasteiger partial charge in [0.1, 0.15) is 5.69 Å². The van der Waals surface area contributed by atoms with Crippen molar-refractivity contribution in [2.75, 3.05) is 17.6 Å². The molecule has 0 fully saturated rings. The Labute approximate surface area is 110 Å². The maximum Gasteiger partial charge on any atom is 0.292 e. The van der Waals surface area contributed by atoms with Gasteiger partial charge in [-0.1, -0.05) is 0 Å². The van der Waals surface area contributed by atoms with Gasteiger partial charge in [-0.2, -0.15) is 0 Å². The van der Waals surface area contributed by atoms with Crippen LogP contribution in [0.4, 0.5) is 17.1 Å². The number of nitrogens with zero attached hydrogens (tertiary/aromatic N) is 2. The van der Waals surface area contributed by atoms with Gasteiger partial charge in [0, 0.05) is 30.7 Å². The molecular weight excluding hydrogens is 244 g/mol. The fraction of sp³-hybridized carbons (Fsp3) is 0.154. The lowest BCUT2D eigenvalue weighted by atomic mass is 10.2. The summed E-state index contributed by atoms with van der Waals surface area (Å²) in [5.74, 6) is 0. The van der Waals surface area contributed by atoms with Crippen molar-refractivity contribution in [3.05, 3.63) is 58.4 Å². The monoisotopic (exact) mass is 258 g/mol. The summed E-state index contributed by atoms with van der Waals surface area (Å²) in [6, 6.07) is 8.54. The third-order valence-corrected chi connectivity index (χ3v) is 2.72. The molecular formula is C13H14N4O2. The molecule has 0 spiro atoms. The number of anilines is 2. The van der Waals surface area contributed by atoms with Crippen LogP contribution in [0, 0.1) is 10.1 Å². The molecule has 98 valence electrons. The van der Waals surface area contributed by atoms with Gasteiger partial charge < -0.3 is 11.1 Å². The molecule has 0 amide bonds. The van der Waals surface area contributed by atoms with Crippen molar-refractivity contribution in [1.29, 1.82) is 0 Å². The first-order valence-electron chi connectivity index (χ1n) is 5.83. The molecule has 0 aliphatic heterocycles. The number of hydrogen-bond acceptors (Lipinski definition) is 5. The molecule has 2 rings (SSSR count). The number of benzene rings is 1. The first-order valence-corrected chi connectivity index (χ1v) is 5.83. The number of nitrogen functional groups attached to an aromatic ring is 1.